The van der Waals surface area contributed by atoms with Crippen molar-refractivity contribution in [1.29, 1.82) is 0 Å². The molecule has 0 heterocycles. The fourth-order valence-corrected chi connectivity index (χ4v) is 1.58. The Hall–Kier alpha value is -1.42. The van der Waals surface area contributed by atoms with Gasteiger partial charge in [-0.2, -0.15) is 0 Å². The Morgan fingerprint density at radius 2 is 1.88 bits per heavy atom. The van der Waals surface area contributed by atoms with Gasteiger partial charge in [-0.05, 0) is 23.5 Å². The molecular formula is C12H18N2O2. The Kier molecular flexibility index (Phi) is 3.33. The van der Waals surface area contributed by atoms with Crippen LogP contribution in [-0.4, -0.2) is 4.92 Å². The molecule has 0 radical (unpaired) electrons. The molecule has 0 fully saturated rings. The highest BCUT2D eigenvalue weighted by Crippen LogP contribution is 2.32. The summed E-state index contributed by atoms with van der Waals surface area (Å²) in [4.78, 5) is 10.4. The minimum atomic E-state index is -0.383. The van der Waals surface area contributed by atoms with E-state index in [-0.39, 0.29) is 22.1 Å². The van der Waals surface area contributed by atoms with Gasteiger partial charge in [0.15, 0.2) is 0 Å². The molecule has 2 N–H and O–H groups in total. The van der Waals surface area contributed by atoms with Crippen LogP contribution in [0.3, 0.4) is 0 Å². The van der Waals surface area contributed by atoms with E-state index in [0.29, 0.717) is 0 Å². The SMILES string of the molecule is Cc1cc(C(N)C(C)(C)C)cc([N+](=O)[O-])c1. The molecule has 1 aromatic rings. The van der Waals surface area contributed by atoms with Crippen LogP contribution in [0.1, 0.15) is 37.9 Å². The summed E-state index contributed by atoms with van der Waals surface area (Å²) in [5.41, 5.74) is 7.77. The van der Waals surface area contributed by atoms with Gasteiger partial charge in [-0.15, -0.1) is 0 Å². The van der Waals surface area contributed by atoms with E-state index in [1.54, 1.807) is 12.1 Å². The van der Waals surface area contributed by atoms with Crippen LogP contribution in [0.5, 0.6) is 0 Å². The lowest BCUT2D eigenvalue weighted by Crippen LogP contribution is -2.26. The standard InChI is InChI=1S/C12H18N2O2/c1-8-5-9(11(13)12(2,3)4)7-10(6-8)14(15)16/h5-7,11H,13H2,1-4H3. The van der Waals surface area contributed by atoms with Crippen molar-refractivity contribution >= 4 is 5.69 Å². The summed E-state index contributed by atoms with van der Waals surface area (Å²) < 4.78 is 0. The van der Waals surface area contributed by atoms with E-state index in [9.17, 15) is 10.1 Å². The van der Waals surface area contributed by atoms with Crippen LogP contribution in [-0.2, 0) is 0 Å². The number of aryl methyl sites for hydroxylation is 1. The summed E-state index contributed by atoms with van der Waals surface area (Å²) in [5, 5.41) is 10.7. The molecule has 0 aliphatic rings. The van der Waals surface area contributed by atoms with Crippen molar-refractivity contribution in [1.82, 2.24) is 0 Å². The molecule has 16 heavy (non-hydrogen) atoms. The highest BCUT2D eigenvalue weighted by molar-refractivity contribution is 5.40. The van der Waals surface area contributed by atoms with E-state index in [1.807, 2.05) is 33.8 Å². The fourth-order valence-electron chi connectivity index (χ4n) is 1.58. The average molecular weight is 222 g/mol. The van der Waals surface area contributed by atoms with E-state index in [1.165, 1.54) is 0 Å². The lowest BCUT2D eigenvalue weighted by Gasteiger charge is -2.27. The summed E-state index contributed by atoms with van der Waals surface area (Å²) in [5.74, 6) is 0. The largest absolute Gasteiger partial charge is 0.324 e. The van der Waals surface area contributed by atoms with Crippen LogP contribution in [0.15, 0.2) is 18.2 Å². The third-order valence-corrected chi connectivity index (χ3v) is 2.59. The zero-order valence-corrected chi connectivity index (χ0v) is 10.2. The number of rotatable bonds is 2. The Morgan fingerprint density at radius 1 is 1.31 bits per heavy atom. The molecule has 4 heteroatoms. The first-order chi connectivity index (χ1) is 7.21. The van der Waals surface area contributed by atoms with Crippen LogP contribution >= 0.6 is 0 Å². The van der Waals surface area contributed by atoms with Crippen molar-refractivity contribution in [2.24, 2.45) is 11.1 Å². The number of non-ortho nitro benzene ring substituents is 1. The Morgan fingerprint density at radius 3 is 2.31 bits per heavy atom. The topological polar surface area (TPSA) is 69.2 Å². The smallest absolute Gasteiger partial charge is 0.270 e. The molecule has 1 unspecified atom stereocenters. The number of nitro benzene ring substituents is 1. The fraction of sp³-hybridized carbons (Fsp3) is 0.500. The maximum atomic E-state index is 10.7. The highest BCUT2D eigenvalue weighted by atomic mass is 16.6. The van der Waals surface area contributed by atoms with Gasteiger partial charge in [-0.3, -0.25) is 10.1 Å². The van der Waals surface area contributed by atoms with E-state index >= 15 is 0 Å². The summed E-state index contributed by atoms with van der Waals surface area (Å²) in [6, 6.07) is 4.82. The molecule has 88 valence electrons. The second-order valence-corrected chi connectivity index (χ2v) is 5.20. The third-order valence-electron chi connectivity index (χ3n) is 2.59. The first-order valence-corrected chi connectivity index (χ1v) is 5.23. The number of hydrogen-bond donors (Lipinski definition) is 1. The minimum absolute atomic E-state index is 0.106. The van der Waals surface area contributed by atoms with E-state index < -0.39 is 0 Å². The predicted molar refractivity (Wildman–Crippen MR) is 64.2 cm³/mol. The molecular weight excluding hydrogens is 204 g/mol. The van der Waals surface area contributed by atoms with Crippen molar-refractivity contribution < 1.29 is 4.92 Å². The lowest BCUT2D eigenvalue weighted by atomic mass is 9.82. The molecule has 0 saturated carbocycles. The van der Waals surface area contributed by atoms with Gasteiger partial charge in [0.05, 0.1) is 4.92 Å². The Bertz CT molecular complexity index is 408. The lowest BCUT2D eigenvalue weighted by molar-refractivity contribution is -0.385. The number of nitrogens with zero attached hydrogens (tertiary/aromatic N) is 1. The highest BCUT2D eigenvalue weighted by Gasteiger charge is 2.24. The zero-order chi connectivity index (χ0) is 12.5. The molecule has 0 aliphatic heterocycles. The summed E-state index contributed by atoms with van der Waals surface area (Å²) in [6.07, 6.45) is 0. The molecule has 1 atom stereocenters. The van der Waals surface area contributed by atoms with Gasteiger partial charge in [-0.25, -0.2) is 0 Å². The molecule has 1 rings (SSSR count). The predicted octanol–water partition coefficient (Wildman–Crippen LogP) is 2.95. The van der Waals surface area contributed by atoms with Crippen molar-refractivity contribution in [3.63, 3.8) is 0 Å². The molecule has 0 saturated heterocycles. The van der Waals surface area contributed by atoms with Crippen LogP contribution < -0.4 is 5.73 Å². The molecule has 0 aromatic heterocycles. The van der Waals surface area contributed by atoms with Crippen molar-refractivity contribution in [2.75, 3.05) is 0 Å². The first kappa shape index (κ1) is 12.6. The molecule has 0 spiro atoms. The van der Waals surface area contributed by atoms with Crippen LogP contribution in [0, 0.1) is 22.5 Å². The number of nitro groups is 1. The third kappa shape index (κ3) is 2.79. The van der Waals surface area contributed by atoms with Crippen molar-refractivity contribution in [2.45, 2.75) is 33.7 Å². The first-order valence-electron chi connectivity index (χ1n) is 5.23. The van der Waals surface area contributed by atoms with E-state index in [4.69, 9.17) is 5.73 Å². The number of hydrogen-bond acceptors (Lipinski definition) is 3. The Labute approximate surface area is 95.6 Å². The van der Waals surface area contributed by atoms with Gasteiger partial charge in [-0.1, -0.05) is 26.8 Å². The van der Waals surface area contributed by atoms with Gasteiger partial charge in [0.1, 0.15) is 0 Å². The Balaban J connectivity index is 3.20. The van der Waals surface area contributed by atoms with Gasteiger partial charge in [0, 0.05) is 18.2 Å². The maximum absolute atomic E-state index is 10.7. The summed E-state index contributed by atoms with van der Waals surface area (Å²) >= 11 is 0. The maximum Gasteiger partial charge on any atom is 0.270 e. The molecule has 0 aliphatic carbocycles. The van der Waals surface area contributed by atoms with Crippen LogP contribution in [0.25, 0.3) is 0 Å². The molecule has 1 aromatic carbocycles. The van der Waals surface area contributed by atoms with Gasteiger partial charge in [0.2, 0.25) is 0 Å². The normalized spacial score (nSPS) is 13.6. The minimum Gasteiger partial charge on any atom is -0.324 e. The van der Waals surface area contributed by atoms with Gasteiger partial charge < -0.3 is 5.73 Å². The summed E-state index contributed by atoms with van der Waals surface area (Å²) in [6.45, 7) is 7.90. The van der Waals surface area contributed by atoms with E-state index in [2.05, 4.69) is 0 Å². The van der Waals surface area contributed by atoms with E-state index in [0.717, 1.165) is 11.1 Å². The number of nitrogens with two attached hydrogens (primary N) is 1. The van der Waals surface area contributed by atoms with Crippen molar-refractivity contribution in [3.05, 3.63) is 39.4 Å². The number of benzene rings is 1. The molecule has 0 amide bonds. The van der Waals surface area contributed by atoms with Gasteiger partial charge in [0.25, 0.3) is 5.69 Å². The van der Waals surface area contributed by atoms with Crippen molar-refractivity contribution in [3.8, 4) is 0 Å². The van der Waals surface area contributed by atoms with Crippen LogP contribution in [0.4, 0.5) is 5.69 Å². The van der Waals surface area contributed by atoms with Crippen LogP contribution in [0.2, 0.25) is 0 Å². The molecule has 0 bridgehead atoms. The zero-order valence-electron chi connectivity index (χ0n) is 10.2. The average Bonchev–Trinajstić information content (AvgIpc) is 2.14. The summed E-state index contributed by atoms with van der Waals surface area (Å²) in [7, 11) is 0. The quantitative estimate of drug-likeness (QED) is 0.617. The second-order valence-electron chi connectivity index (χ2n) is 5.20. The molecule has 4 nitrogen and oxygen atoms in total. The second kappa shape index (κ2) is 4.22. The monoisotopic (exact) mass is 222 g/mol. The van der Waals surface area contributed by atoms with Gasteiger partial charge >= 0.3 is 0 Å².